The molecule has 0 saturated carbocycles. The molecule has 2 aromatic rings. The van der Waals surface area contributed by atoms with Gasteiger partial charge in [-0.25, -0.2) is 15.8 Å². The normalized spacial score (nSPS) is 9.94. The van der Waals surface area contributed by atoms with Crippen molar-refractivity contribution in [3.05, 3.63) is 42.2 Å². The van der Waals surface area contributed by atoms with Gasteiger partial charge >= 0.3 is 0 Å². The second-order valence-electron chi connectivity index (χ2n) is 3.19. The Bertz CT molecular complexity index is 480. The maximum absolute atomic E-state index is 11.6. The lowest BCUT2D eigenvalue weighted by atomic mass is 10.4. The summed E-state index contributed by atoms with van der Waals surface area (Å²) in [7, 11) is 0. The van der Waals surface area contributed by atoms with Crippen LogP contribution in [0.2, 0.25) is 0 Å². The molecule has 0 atom stereocenters. The van der Waals surface area contributed by atoms with Gasteiger partial charge in [0.05, 0.1) is 25.2 Å². The molecule has 0 aliphatic rings. The molecule has 17 heavy (non-hydrogen) atoms. The molecular weight excluding hydrogens is 222 g/mol. The van der Waals surface area contributed by atoms with Crippen molar-refractivity contribution in [2.75, 3.05) is 5.43 Å². The molecule has 0 bridgehead atoms. The number of nitrogens with two attached hydrogens (primary N) is 1. The fourth-order valence-electron chi connectivity index (χ4n) is 1.19. The van der Waals surface area contributed by atoms with Crippen molar-refractivity contribution in [1.82, 2.24) is 15.3 Å². The summed E-state index contributed by atoms with van der Waals surface area (Å²) in [5, 5.41) is 2.65. The first-order chi connectivity index (χ1) is 8.29. The van der Waals surface area contributed by atoms with Gasteiger partial charge in [0, 0.05) is 0 Å². The number of carbonyl (C=O) groups is 1. The van der Waals surface area contributed by atoms with E-state index in [0.717, 1.165) is 0 Å². The highest BCUT2D eigenvalue weighted by atomic mass is 16.3. The van der Waals surface area contributed by atoms with Crippen LogP contribution in [0.1, 0.15) is 16.2 Å². The van der Waals surface area contributed by atoms with Crippen LogP contribution in [0.5, 0.6) is 0 Å². The second-order valence-corrected chi connectivity index (χ2v) is 3.19. The number of hydrogen-bond donors (Lipinski definition) is 3. The molecular formula is C10H11N5O2. The minimum absolute atomic E-state index is 0.218. The van der Waals surface area contributed by atoms with Crippen LogP contribution in [0.3, 0.4) is 0 Å². The number of amides is 1. The second kappa shape index (κ2) is 5.08. The van der Waals surface area contributed by atoms with Crippen molar-refractivity contribution in [3.63, 3.8) is 0 Å². The van der Waals surface area contributed by atoms with Crippen LogP contribution < -0.4 is 16.6 Å². The zero-order chi connectivity index (χ0) is 12.1. The monoisotopic (exact) mass is 233 g/mol. The quantitative estimate of drug-likeness (QED) is 0.517. The number of nitrogen functional groups attached to an aromatic ring is 1. The largest absolute Gasteiger partial charge is 0.467 e. The minimum atomic E-state index is -0.322. The van der Waals surface area contributed by atoms with E-state index in [1.165, 1.54) is 12.4 Å². The lowest BCUT2D eigenvalue weighted by Gasteiger charge is -2.03. The van der Waals surface area contributed by atoms with Crippen LogP contribution in [0.25, 0.3) is 0 Å². The van der Waals surface area contributed by atoms with Gasteiger partial charge in [0.25, 0.3) is 5.91 Å². The standard InChI is InChI=1S/C10H11N5O2/c11-15-9-6-12-8(5-13-9)10(16)14-4-7-2-1-3-17-7/h1-3,5-6H,4,11H2,(H,13,15)(H,14,16). The fourth-order valence-corrected chi connectivity index (χ4v) is 1.19. The van der Waals surface area contributed by atoms with Crippen LogP contribution in [0, 0.1) is 0 Å². The Morgan fingerprint density at radius 1 is 1.41 bits per heavy atom. The summed E-state index contributed by atoms with van der Waals surface area (Å²) in [4.78, 5) is 19.4. The molecule has 1 amide bonds. The van der Waals surface area contributed by atoms with Crippen LogP contribution in [0.4, 0.5) is 5.82 Å². The summed E-state index contributed by atoms with van der Waals surface area (Å²) >= 11 is 0. The van der Waals surface area contributed by atoms with Gasteiger partial charge in [0.2, 0.25) is 0 Å². The highest BCUT2D eigenvalue weighted by Crippen LogP contribution is 2.01. The van der Waals surface area contributed by atoms with E-state index in [-0.39, 0.29) is 11.6 Å². The average Bonchev–Trinajstić information content (AvgIpc) is 2.89. The van der Waals surface area contributed by atoms with E-state index >= 15 is 0 Å². The van der Waals surface area contributed by atoms with Gasteiger partial charge in [-0.2, -0.15) is 0 Å². The molecule has 2 heterocycles. The molecule has 7 heteroatoms. The summed E-state index contributed by atoms with van der Waals surface area (Å²) in [6.07, 6.45) is 4.26. The molecule has 0 fully saturated rings. The molecule has 88 valence electrons. The van der Waals surface area contributed by atoms with E-state index in [0.29, 0.717) is 18.1 Å². The minimum Gasteiger partial charge on any atom is -0.467 e. The lowest BCUT2D eigenvalue weighted by Crippen LogP contribution is -2.24. The third kappa shape index (κ3) is 2.79. The third-order valence-electron chi connectivity index (χ3n) is 2.04. The number of carbonyl (C=O) groups excluding carboxylic acids is 1. The molecule has 2 rings (SSSR count). The zero-order valence-electron chi connectivity index (χ0n) is 8.88. The van der Waals surface area contributed by atoms with E-state index in [1.807, 2.05) is 0 Å². The number of rotatable bonds is 4. The molecule has 0 aliphatic carbocycles. The van der Waals surface area contributed by atoms with Gasteiger partial charge in [-0.05, 0) is 12.1 Å². The highest BCUT2D eigenvalue weighted by Gasteiger charge is 2.07. The molecule has 4 N–H and O–H groups in total. The summed E-state index contributed by atoms with van der Waals surface area (Å²) in [5.41, 5.74) is 2.55. The predicted octanol–water partition coefficient (Wildman–Crippen LogP) is 0.285. The first-order valence-corrected chi connectivity index (χ1v) is 4.89. The number of nitrogens with one attached hydrogen (secondary N) is 2. The van der Waals surface area contributed by atoms with Crippen molar-refractivity contribution in [1.29, 1.82) is 0 Å². The number of hydrazine groups is 1. The number of hydrogen-bond acceptors (Lipinski definition) is 6. The summed E-state index contributed by atoms with van der Waals surface area (Å²) in [6.45, 7) is 0.310. The van der Waals surface area contributed by atoms with Gasteiger partial charge in [-0.1, -0.05) is 0 Å². The van der Waals surface area contributed by atoms with Crippen molar-refractivity contribution >= 4 is 11.7 Å². The number of anilines is 1. The van der Waals surface area contributed by atoms with E-state index in [9.17, 15) is 4.79 Å². The summed E-state index contributed by atoms with van der Waals surface area (Å²) in [6, 6.07) is 3.52. The third-order valence-corrected chi connectivity index (χ3v) is 2.04. The van der Waals surface area contributed by atoms with Gasteiger partial charge in [-0.15, -0.1) is 0 Å². The van der Waals surface area contributed by atoms with Crippen molar-refractivity contribution < 1.29 is 9.21 Å². The number of nitrogens with zero attached hydrogens (tertiary/aromatic N) is 2. The molecule has 0 saturated heterocycles. The maximum atomic E-state index is 11.6. The van der Waals surface area contributed by atoms with Gasteiger partial charge in [0.1, 0.15) is 11.5 Å². The molecule has 0 radical (unpaired) electrons. The molecule has 2 aromatic heterocycles. The van der Waals surface area contributed by atoms with Crippen molar-refractivity contribution in [2.45, 2.75) is 6.54 Å². The molecule has 0 aromatic carbocycles. The van der Waals surface area contributed by atoms with Gasteiger partial charge in [0.15, 0.2) is 5.82 Å². The Hall–Kier alpha value is -2.41. The Morgan fingerprint density at radius 3 is 2.88 bits per heavy atom. The fraction of sp³-hybridized carbons (Fsp3) is 0.100. The first-order valence-electron chi connectivity index (χ1n) is 4.89. The van der Waals surface area contributed by atoms with Gasteiger partial charge in [-0.3, -0.25) is 4.79 Å². The number of aromatic nitrogens is 2. The van der Waals surface area contributed by atoms with E-state index in [1.54, 1.807) is 18.4 Å². The van der Waals surface area contributed by atoms with Crippen molar-refractivity contribution in [3.8, 4) is 0 Å². The zero-order valence-corrected chi connectivity index (χ0v) is 8.88. The van der Waals surface area contributed by atoms with Crippen LogP contribution >= 0.6 is 0 Å². The summed E-state index contributed by atoms with van der Waals surface area (Å²) < 4.78 is 5.08. The van der Waals surface area contributed by atoms with E-state index in [4.69, 9.17) is 10.3 Å². The Labute approximate surface area is 97.0 Å². The SMILES string of the molecule is NNc1cnc(C(=O)NCc2ccco2)cn1. The predicted molar refractivity (Wildman–Crippen MR) is 59.7 cm³/mol. The summed E-state index contributed by atoms with van der Waals surface area (Å²) in [5.74, 6) is 5.88. The molecule has 0 unspecified atom stereocenters. The van der Waals surface area contributed by atoms with Crippen molar-refractivity contribution in [2.24, 2.45) is 5.84 Å². The maximum Gasteiger partial charge on any atom is 0.271 e. The molecule has 7 nitrogen and oxygen atoms in total. The van der Waals surface area contributed by atoms with Crippen LogP contribution in [0.15, 0.2) is 35.2 Å². The highest BCUT2D eigenvalue weighted by molar-refractivity contribution is 5.91. The average molecular weight is 233 g/mol. The number of furan rings is 1. The topological polar surface area (TPSA) is 106 Å². The Balaban J connectivity index is 1.95. The first kappa shape index (κ1) is 11.1. The van der Waals surface area contributed by atoms with E-state index < -0.39 is 0 Å². The lowest BCUT2D eigenvalue weighted by molar-refractivity contribution is 0.0942. The Morgan fingerprint density at radius 2 is 2.29 bits per heavy atom. The Kier molecular flexibility index (Phi) is 3.31. The van der Waals surface area contributed by atoms with E-state index in [2.05, 4.69) is 20.7 Å². The molecule has 0 spiro atoms. The molecule has 0 aliphatic heterocycles. The van der Waals surface area contributed by atoms with Crippen LogP contribution in [-0.2, 0) is 6.54 Å². The smallest absolute Gasteiger partial charge is 0.271 e. The van der Waals surface area contributed by atoms with Gasteiger partial charge < -0.3 is 15.2 Å². The van der Waals surface area contributed by atoms with Crippen LogP contribution in [-0.4, -0.2) is 15.9 Å².